The van der Waals surface area contributed by atoms with E-state index in [1.165, 1.54) is 12.1 Å². The maximum atomic E-state index is 13.5. The molecule has 0 aliphatic carbocycles. The second kappa shape index (κ2) is 9.49. The van der Waals surface area contributed by atoms with Crippen LogP contribution < -0.4 is 5.32 Å². The summed E-state index contributed by atoms with van der Waals surface area (Å²) in [5, 5.41) is 3.00. The van der Waals surface area contributed by atoms with Crippen molar-refractivity contribution in [1.29, 1.82) is 0 Å². The predicted molar refractivity (Wildman–Crippen MR) is 120 cm³/mol. The molecule has 30 heavy (non-hydrogen) atoms. The van der Waals surface area contributed by atoms with Gasteiger partial charge in [-0.2, -0.15) is 13.2 Å². The fourth-order valence-corrected chi connectivity index (χ4v) is 3.46. The van der Waals surface area contributed by atoms with Crippen LogP contribution in [-0.4, -0.2) is 10.0 Å². The normalized spacial score (nSPS) is 11.2. The SMILES string of the molecule is Cc1ccccc1CN(Cc1ccccc1)C(=S)Nc1ccc(Cl)cc1C(F)(F)F. The summed E-state index contributed by atoms with van der Waals surface area (Å²) in [7, 11) is 0. The molecule has 3 aromatic carbocycles. The smallest absolute Gasteiger partial charge is 0.340 e. The van der Waals surface area contributed by atoms with Gasteiger partial charge in [0.25, 0.3) is 0 Å². The number of alkyl halides is 3. The third-order valence-electron chi connectivity index (χ3n) is 4.65. The number of thiocarbonyl (C=S) groups is 1. The standard InChI is InChI=1S/C23H20ClF3N2S/c1-16-7-5-6-10-18(16)15-29(14-17-8-3-2-4-9-17)22(30)28-21-12-11-19(24)13-20(21)23(25,26)27/h2-13H,14-15H2,1H3,(H,28,30). The van der Waals surface area contributed by atoms with Gasteiger partial charge in [-0.25, -0.2) is 0 Å². The molecule has 0 amide bonds. The lowest BCUT2D eigenvalue weighted by molar-refractivity contribution is -0.136. The molecule has 0 unspecified atom stereocenters. The second-order valence-electron chi connectivity index (χ2n) is 6.89. The first-order valence-corrected chi connectivity index (χ1v) is 10.0. The van der Waals surface area contributed by atoms with E-state index in [0.717, 1.165) is 22.8 Å². The lowest BCUT2D eigenvalue weighted by atomic mass is 10.1. The average molecular weight is 449 g/mol. The van der Waals surface area contributed by atoms with Crippen LogP contribution in [0, 0.1) is 6.92 Å². The van der Waals surface area contributed by atoms with E-state index in [9.17, 15) is 13.2 Å². The van der Waals surface area contributed by atoms with E-state index in [0.29, 0.717) is 13.1 Å². The van der Waals surface area contributed by atoms with Gasteiger partial charge in [0.1, 0.15) is 0 Å². The highest BCUT2D eigenvalue weighted by Gasteiger charge is 2.34. The third kappa shape index (κ3) is 5.74. The average Bonchev–Trinajstić information content (AvgIpc) is 2.70. The number of anilines is 1. The highest BCUT2D eigenvalue weighted by Crippen LogP contribution is 2.36. The highest BCUT2D eigenvalue weighted by atomic mass is 35.5. The van der Waals surface area contributed by atoms with Crippen LogP contribution in [0.5, 0.6) is 0 Å². The summed E-state index contributed by atoms with van der Waals surface area (Å²) in [4.78, 5) is 1.85. The first-order chi connectivity index (χ1) is 14.2. The number of nitrogens with one attached hydrogen (secondary N) is 1. The summed E-state index contributed by atoms with van der Waals surface area (Å²) < 4.78 is 40.4. The number of hydrogen-bond donors (Lipinski definition) is 1. The van der Waals surface area contributed by atoms with E-state index in [4.69, 9.17) is 23.8 Å². The van der Waals surface area contributed by atoms with E-state index in [1.54, 1.807) is 0 Å². The van der Waals surface area contributed by atoms with Crippen LogP contribution >= 0.6 is 23.8 Å². The summed E-state index contributed by atoms with van der Waals surface area (Å²) in [6.07, 6.45) is -4.55. The molecule has 0 aliphatic rings. The number of benzene rings is 3. The molecule has 0 spiro atoms. The Bertz CT molecular complexity index is 1020. The van der Waals surface area contributed by atoms with Crippen molar-refractivity contribution in [3.05, 3.63) is 100 Å². The van der Waals surface area contributed by atoms with Crippen molar-refractivity contribution in [2.75, 3.05) is 5.32 Å². The fourth-order valence-electron chi connectivity index (χ4n) is 3.05. The van der Waals surface area contributed by atoms with E-state index >= 15 is 0 Å². The van der Waals surface area contributed by atoms with Gasteiger partial charge in [-0.05, 0) is 54.0 Å². The van der Waals surface area contributed by atoms with Gasteiger partial charge >= 0.3 is 6.18 Å². The summed E-state index contributed by atoms with van der Waals surface area (Å²) in [6, 6.07) is 21.1. The number of halogens is 4. The van der Waals surface area contributed by atoms with E-state index in [1.807, 2.05) is 66.4 Å². The molecule has 0 fully saturated rings. The third-order valence-corrected chi connectivity index (χ3v) is 5.25. The molecule has 0 atom stereocenters. The Morgan fingerprint density at radius 3 is 2.30 bits per heavy atom. The van der Waals surface area contributed by atoms with E-state index in [-0.39, 0.29) is 15.8 Å². The Kier molecular flexibility index (Phi) is 7.00. The Morgan fingerprint density at radius 1 is 0.967 bits per heavy atom. The molecule has 0 saturated carbocycles. The van der Waals surface area contributed by atoms with Crippen molar-refractivity contribution in [2.45, 2.75) is 26.2 Å². The zero-order valence-corrected chi connectivity index (χ0v) is 17.8. The zero-order valence-electron chi connectivity index (χ0n) is 16.2. The largest absolute Gasteiger partial charge is 0.418 e. The van der Waals surface area contributed by atoms with E-state index in [2.05, 4.69) is 5.32 Å². The van der Waals surface area contributed by atoms with Gasteiger partial charge in [0.05, 0.1) is 11.3 Å². The molecule has 0 saturated heterocycles. The minimum atomic E-state index is -4.55. The van der Waals surface area contributed by atoms with Gasteiger partial charge in [0.15, 0.2) is 5.11 Å². The van der Waals surface area contributed by atoms with Gasteiger partial charge in [-0.1, -0.05) is 66.2 Å². The van der Waals surface area contributed by atoms with Crippen molar-refractivity contribution in [3.8, 4) is 0 Å². The van der Waals surface area contributed by atoms with Crippen molar-refractivity contribution in [2.24, 2.45) is 0 Å². The molecular formula is C23H20ClF3N2S. The Hall–Kier alpha value is -2.57. The van der Waals surface area contributed by atoms with Crippen molar-refractivity contribution < 1.29 is 13.2 Å². The van der Waals surface area contributed by atoms with Crippen molar-refractivity contribution >= 4 is 34.6 Å². The first-order valence-electron chi connectivity index (χ1n) is 9.25. The highest BCUT2D eigenvalue weighted by molar-refractivity contribution is 7.80. The summed E-state index contributed by atoms with van der Waals surface area (Å²) in [5.41, 5.74) is 2.15. The molecule has 0 bridgehead atoms. The molecule has 0 aliphatic heterocycles. The Balaban J connectivity index is 1.90. The minimum absolute atomic E-state index is 0.0137. The molecule has 1 N–H and O–H groups in total. The molecular weight excluding hydrogens is 429 g/mol. The lowest BCUT2D eigenvalue weighted by Gasteiger charge is -2.28. The summed E-state index contributed by atoms with van der Waals surface area (Å²) >= 11 is 11.3. The van der Waals surface area contributed by atoms with Crippen molar-refractivity contribution in [1.82, 2.24) is 4.90 Å². The monoisotopic (exact) mass is 448 g/mol. The Morgan fingerprint density at radius 2 is 1.63 bits per heavy atom. The second-order valence-corrected chi connectivity index (χ2v) is 7.71. The van der Waals surface area contributed by atoms with Gasteiger partial charge in [-0.15, -0.1) is 0 Å². The first kappa shape index (κ1) is 22.1. The molecule has 7 heteroatoms. The van der Waals surface area contributed by atoms with Crippen LogP contribution in [0.4, 0.5) is 18.9 Å². The van der Waals surface area contributed by atoms with Gasteiger partial charge in [-0.3, -0.25) is 0 Å². The van der Waals surface area contributed by atoms with Crippen LogP contribution in [0.15, 0.2) is 72.8 Å². The quantitative estimate of drug-likeness (QED) is 0.420. The van der Waals surface area contributed by atoms with Gasteiger partial charge in [0.2, 0.25) is 0 Å². The maximum absolute atomic E-state index is 13.5. The van der Waals surface area contributed by atoms with E-state index < -0.39 is 11.7 Å². The summed E-state index contributed by atoms with van der Waals surface area (Å²) in [5.74, 6) is 0. The topological polar surface area (TPSA) is 15.3 Å². The van der Waals surface area contributed by atoms with Crippen LogP contribution in [-0.2, 0) is 19.3 Å². The Labute approximate surface area is 184 Å². The molecule has 3 rings (SSSR count). The molecule has 0 radical (unpaired) electrons. The number of rotatable bonds is 5. The molecule has 0 heterocycles. The molecule has 0 aromatic heterocycles. The number of nitrogens with zero attached hydrogens (tertiary/aromatic N) is 1. The van der Waals surface area contributed by atoms with Crippen LogP contribution in [0.3, 0.4) is 0 Å². The van der Waals surface area contributed by atoms with Gasteiger partial charge < -0.3 is 10.2 Å². The summed E-state index contributed by atoms with van der Waals surface area (Å²) in [6.45, 7) is 2.91. The maximum Gasteiger partial charge on any atom is 0.418 e. The molecule has 3 aromatic rings. The lowest BCUT2D eigenvalue weighted by Crippen LogP contribution is -2.34. The zero-order chi connectivity index (χ0) is 21.7. The number of aryl methyl sites for hydroxylation is 1. The predicted octanol–water partition coefficient (Wildman–Crippen LogP) is 7.07. The molecule has 2 nitrogen and oxygen atoms in total. The minimum Gasteiger partial charge on any atom is -0.340 e. The van der Waals surface area contributed by atoms with Crippen LogP contribution in [0.1, 0.15) is 22.3 Å². The van der Waals surface area contributed by atoms with Crippen LogP contribution in [0.2, 0.25) is 5.02 Å². The van der Waals surface area contributed by atoms with Crippen molar-refractivity contribution in [3.63, 3.8) is 0 Å². The van der Waals surface area contributed by atoms with Gasteiger partial charge in [0, 0.05) is 18.1 Å². The van der Waals surface area contributed by atoms with Crippen LogP contribution in [0.25, 0.3) is 0 Å². The molecule has 156 valence electrons. The number of hydrogen-bond acceptors (Lipinski definition) is 1. The fraction of sp³-hybridized carbons (Fsp3) is 0.174.